The maximum absolute atomic E-state index is 2.27. The minimum Gasteiger partial charge on any atom is 0 e. The fourth-order valence-corrected chi connectivity index (χ4v) is 2.32. The molecule has 0 heterocycles. The minimum absolute atomic E-state index is 0. The van der Waals surface area contributed by atoms with Crippen molar-refractivity contribution in [3.8, 4) is 0 Å². The predicted octanol–water partition coefficient (Wildman–Crippen LogP) is 4.28. The van der Waals surface area contributed by atoms with Crippen LogP contribution in [0.15, 0.2) is 0 Å². The Kier molecular flexibility index (Phi) is 19.2. The molecule has 0 aliphatic carbocycles. The summed E-state index contributed by atoms with van der Waals surface area (Å²) >= 11 is 1.47. The van der Waals surface area contributed by atoms with Gasteiger partial charge in [-0.15, -0.1) is 0 Å². The molecule has 0 spiro atoms. The molecular weight excluding hydrogens is 282 g/mol. The fourth-order valence-electron chi connectivity index (χ4n) is 0.942. The Bertz CT molecular complexity index is 58.9. The average Bonchev–Trinajstić information content (AvgIpc) is 2.03. The van der Waals surface area contributed by atoms with Gasteiger partial charge in [-0.3, -0.25) is 0 Å². The molecule has 0 aromatic heterocycles. The van der Waals surface area contributed by atoms with Gasteiger partial charge >= 0.3 is 78.0 Å². The van der Waals surface area contributed by atoms with E-state index in [2.05, 4.69) is 13.8 Å². The van der Waals surface area contributed by atoms with Crippen LogP contribution >= 0.6 is 0 Å². The summed E-state index contributed by atoms with van der Waals surface area (Å²) in [6, 6.07) is 0. The molecule has 0 bridgehead atoms. The molecule has 80 valence electrons. The predicted molar refractivity (Wildman–Crippen MR) is 48.7 cm³/mol. The monoisotopic (exact) mass is 304 g/mol. The molecular formula is C10H22FePd. The van der Waals surface area contributed by atoms with Gasteiger partial charge in [-0.1, -0.05) is 0 Å². The van der Waals surface area contributed by atoms with Gasteiger partial charge in [0.25, 0.3) is 0 Å². The van der Waals surface area contributed by atoms with Gasteiger partial charge in [-0.2, -0.15) is 0 Å². The van der Waals surface area contributed by atoms with Crippen LogP contribution < -0.4 is 0 Å². The van der Waals surface area contributed by atoms with Crippen molar-refractivity contribution in [1.29, 1.82) is 0 Å². The van der Waals surface area contributed by atoms with Crippen molar-refractivity contribution < 1.29 is 35.4 Å². The van der Waals surface area contributed by atoms with Crippen molar-refractivity contribution in [2.75, 3.05) is 0 Å². The average molecular weight is 305 g/mol. The molecule has 0 aliphatic heterocycles. The van der Waals surface area contributed by atoms with Crippen LogP contribution in [0.1, 0.15) is 52.4 Å². The number of unbranched alkanes of at least 4 members (excludes halogenated alkanes) is 4. The quantitative estimate of drug-likeness (QED) is 0.464. The first-order chi connectivity index (χ1) is 5.41. The summed E-state index contributed by atoms with van der Waals surface area (Å²) in [5.74, 6) is 0. The van der Waals surface area contributed by atoms with E-state index >= 15 is 0 Å². The summed E-state index contributed by atoms with van der Waals surface area (Å²) in [5.41, 5.74) is 0. The Morgan fingerprint density at radius 3 is 1.50 bits per heavy atom. The van der Waals surface area contributed by atoms with Crippen LogP contribution in [0.5, 0.6) is 0 Å². The number of hydrogen-bond donors (Lipinski definition) is 0. The molecule has 0 saturated heterocycles. The molecule has 0 rings (SSSR count). The first kappa shape index (κ1) is 15.6. The van der Waals surface area contributed by atoms with E-state index < -0.39 is 0 Å². The zero-order valence-electron chi connectivity index (χ0n) is 8.33. The van der Waals surface area contributed by atoms with Gasteiger partial charge in [0.1, 0.15) is 0 Å². The Balaban J connectivity index is 0. The fraction of sp³-hybridized carbons (Fsp3) is 1.00. The van der Waals surface area contributed by atoms with Crippen molar-refractivity contribution >= 4 is 0 Å². The van der Waals surface area contributed by atoms with E-state index in [1.807, 2.05) is 0 Å². The van der Waals surface area contributed by atoms with Crippen molar-refractivity contribution in [3.05, 3.63) is 0 Å². The SMILES string of the molecule is CCCC[CH2][Fe][CH2]CCCC.[Pd]. The Labute approximate surface area is 98.1 Å². The summed E-state index contributed by atoms with van der Waals surface area (Å²) < 4.78 is 0. The Morgan fingerprint density at radius 2 is 1.17 bits per heavy atom. The number of hydrogen-bond acceptors (Lipinski definition) is 0. The molecule has 0 aromatic carbocycles. The molecule has 0 nitrogen and oxygen atoms in total. The van der Waals surface area contributed by atoms with E-state index in [1.165, 1.54) is 64.1 Å². The Morgan fingerprint density at radius 1 is 0.750 bits per heavy atom. The van der Waals surface area contributed by atoms with E-state index in [-0.39, 0.29) is 20.4 Å². The minimum atomic E-state index is 0. The smallest absolute Gasteiger partial charge is 0 e. The topological polar surface area (TPSA) is 0 Å². The van der Waals surface area contributed by atoms with E-state index in [1.54, 1.807) is 0 Å². The van der Waals surface area contributed by atoms with E-state index in [9.17, 15) is 0 Å². The maximum atomic E-state index is 2.27. The normalized spacial score (nSPS) is 9.83. The van der Waals surface area contributed by atoms with Gasteiger partial charge in [-0.25, -0.2) is 0 Å². The van der Waals surface area contributed by atoms with E-state index in [0.717, 1.165) is 0 Å². The second kappa shape index (κ2) is 14.7. The zero-order chi connectivity index (χ0) is 8.36. The third kappa shape index (κ3) is 13.8. The molecule has 0 amide bonds. The summed E-state index contributed by atoms with van der Waals surface area (Å²) in [6.07, 6.45) is 8.54. The van der Waals surface area contributed by atoms with Crippen molar-refractivity contribution in [2.45, 2.75) is 63.0 Å². The van der Waals surface area contributed by atoms with Gasteiger partial charge in [-0.05, 0) is 0 Å². The van der Waals surface area contributed by atoms with Gasteiger partial charge < -0.3 is 0 Å². The molecule has 0 unspecified atom stereocenters. The van der Waals surface area contributed by atoms with Gasteiger partial charge in [0.2, 0.25) is 0 Å². The van der Waals surface area contributed by atoms with Crippen LogP contribution in [0.4, 0.5) is 0 Å². The van der Waals surface area contributed by atoms with Crippen molar-refractivity contribution in [3.63, 3.8) is 0 Å². The first-order valence-corrected chi connectivity index (χ1v) is 6.48. The van der Waals surface area contributed by atoms with Crippen LogP contribution in [-0.4, -0.2) is 0 Å². The molecule has 0 radical (unpaired) electrons. The van der Waals surface area contributed by atoms with Crippen molar-refractivity contribution in [1.82, 2.24) is 0 Å². The summed E-state index contributed by atoms with van der Waals surface area (Å²) in [4.78, 5) is 0. The molecule has 0 aliphatic rings. The molecule has 0 N–H and O–H groups in total. The number of rotatable bonds is 8. The van der Waals surface area contributed by atoms with Gasteiger partial charge in [0.15, 0.2) is 0 Å². The summed E-state index contributed by atoms with van der Waals surface area (Å²) in [6.45, 7) is 4.55. The third-order valence-corrected chi connectivity index (χ3v) is 3.27. The second-order valence-corrected chi connectivity index (χ2v) is 4.60. The van der Waals surface area contributed by atoms with E-state index in [0.29, 0.717) is 0 Å². The summed E-state index contributed by atoms with van der Waals surface area (Å²) in [5, 5.41) is 2.94. The van der Waals surface area contributed by atoms with Crippen LogP contribution in [0.3, 0.4) is 0 Å². The maximum Gasteiger partial charge on any atom is 0 e. The summed E-state index contributed by atoms with van der Waals surface area (Å²) in [7, 11) is 0. The standard InChI is InChI=1S/2C5H11.Fe.Pd/c2*1-3-5-4-2;;/h2*1,3-5H2,2H3;;. The molecule has 0 aromatic rings. The van der Waals surface area contributed by atoms with Gasteiger partial charge in [0.05, 0.1) is 0 Å². The molecule has 12 heavy (non-hydrogen) atoms. The molecule has 0 atom stereocenters. The zero-order valence-corrected chi connectivity index (χ0v) is 11.0. The molecule has 0 saturated carbocycles. The van der Waals surface area contributed by atoms with E-state index in [4.69, 9.17) is 0 Å². The Hall–Kier alpha value is 1.18. The third-order valence-electron chi connectivity index (χ3n) is 1.71. The molecule has 0 fully saturated rings. The largest absolute Gasteiger partial charge is 0 e. The second-order valence-electron chi connectivity index (χ2n) is 2.94. The van der Waals surface area contributed by atoms with Crippen LogP contribution in [-0.2, 0) is 35.4 Å². The van der Waals surface area contributed by atoms with Crippen LogP contribution in [0, 0.1) is 0 Å². The van der Waals surface area contributed by atoms with Crippen LogP contribution in [0.25, 0.3) is 0 Å². The molecule has 2 heteroatoms. The van der Waals surface area contributed by atoms with Crippen molar-refractivity contribution in [2.24, 2.45) is 0 Å². The van der Waals surface area contributed by atoms with Crippen LogP contribution in [0.2, 0.25) is 10.6 Å². The first-order valence-electron chi connectivity index (χ1n) is 4.91. The van der Waals surface area contributed by atoms with Gasteiger partial charge in [0, 0.05) is 20.4 Å².